The van der Waals surface area contributed by atoms with Crippen LogP contribution < -0.4 is 10.6 Å². The minimum absolute atomic E-state index is 0. The van der Waals surface area contributed by atoms with E-state index in [1.54, 1.807) is 6.20 Å². The summed E-state index contributed by atoms with van der Waals surface area (Å²) >= 11 is 0. The van der Waals surface area contributed by atoms with Crippen LogP contribution in [0.1, 0.15) is 36.8 Å². The van der Waals surface area contributed by atoms with E-state index < -0.39 is 5.54 Å². The molecule has 25 heavy (non-hydrogen) atoms. The SMILES string of the molecule is Cc1noc(C)c1CC(C)NC(=O)C1(n2cccn2)CCNCC1.Cl. The van der Waals surface area contributed by atoms with E-state index in [1.807, 2.05) is 37.7 Å². The molecule has 8 heteroatoms. The van der Waals surface area contributed by atoms with Crippen LogP contribution in [0.3, 0.4) is 0 Å². The van der Waals surface area contributed by atoms with Crippen LogP contribution in [0.4, 0.5) is 0 Å². The number of hydrogen-bond acceptors (Lipinski definition) is 5. The van der Waals surface area contributed by atoms with E-state index in [9.17, 15) is 4.79 Å². The van der Waals surface area contributed by atoms with Gasteiger partial charge in [0.15, 0.2) is 0 Å². The molecule has 1 atom stereocenters. The molecule has 0 aromatic carbocycles. The molecule has 0 radical (unpaired) electrons. The van der Waals surface area contributed by atoms with Gasteiger partial charge in [0.1, 0.15) is 11.3 Å². The fourth-order valence-corrected chi connectivity index (χ4v) is 3.43. The Morgan fingerprint density at radius 2 is 2.16 bits per heavy atom. The largest absolute Gasteiger partial charge is 0.361 e. The molecule has 2 N–H and O–H groups in total. The fraction of sp³-hybridized carbons (Fsp3) is 0.588. The Hall–Kier alpha value is -1.86. The Morgan fingerprint density at radius 1 is 1.44 bits per heavy atom. The van der Waals surface area contributed by atoms with E-state index in [-0.39, 0.29) is 24.4 Å². The molecule has 0 aliphatic carbocycles. The van der Waals surface area contributed by atoms with Crippen LogP contribution in [0.2, 0.25) is 0 Å². The Balaban J connectivity index is 0.00000225. The van der Waals surface area contributed by atoms with Gasteiger partial charge in [-0.3, -0.25) is 9.48 Å². The van der Waals surface area contributed by atoms with Crippen molar-refractivity contribution in [3.63, 3.8) is 0 Å². The van der Waals surface area contributed by atoms with Crippen LogP contribution >= 0.6 is 12.4 Å². The number of halogens is 1. The van der Waals surface area contributed by atoms with E-state index >= 15 is 0 Å². The van der Waals surface area contributed by atoms with Gasteiger partial charge in [0.05, 0.1) is 5.69 Å². The highest BCUT2D eigenvalue weighted by atomic mass is 35.5. The Morgan fingerprint density at radius 3 is 2.72 bits per heavy atom. The van der Waals surface area contributed by atoms with Crippen LogP contribution in [0.15, 0.2) is 23.0 Å². The van der Waals surface area contributed by atoms with Crippen LogP contribution in [0, 0.1) is 13.8 Å². The molecule has 1 saturated heterocycles. The fourth-order valence-electron chi connectivity index (χ4n) is 3.43. The summed E-state index contributed by atoms with van der Waals surface area (Å²) in [4.78, 5) is 13.1. The Labute approximate surface area is 153 Å². The Bertz CT molecular complexity index is 672. The molecule has 1 fully saturated rings. The number of piperidine rings is 1. The van der Waals surface area contributed by atoms with Crippen molar-refractivity contribution < 1.29 is 9.32 Å². The van der Waals surface area contributed by atoms with E-state index in [2.05, 4.69) is 20.9 Å². The van der Waals surface area contributed by atoms with Crippen LogP contribution in [0.25, 0.3) is 0 Å². The maximum atomic E-state index is 13.1. The Kier molecular flexibility index (Phi) is 6.24. The number of carbonyl (C=O) groups is 1. The van der Waals surface area contributed by atoms with Gasteiger partial charge in [0, 0.05) is 24.0 Å². The molecular formula is C17H26ClN5O2. The van der Waals surface area contributed by atoms with Gasteiger partial charge in [-0.2, -0.15) is 5.10 Å². The normalized spacial score (nSPS) is 17.6. The number of nitrogens with zero attached hydrogens (tertiary/aromatic N) is 3. The summed E-state index contributed by atoms with van der Waals surface area (Å²) in [6.07, 6.45) is 5.78. The van der Waals surface area contributed by atoms with Gasteiger partial charge in [0.25, 0.3) is 0 Å². The summed E-state index contributed by atoms with van der Waals surface area (Å²) in [7, 11) is 0. The molecule has 3 rings (SSSR count). The molecule has 1 aliphatic rings. The lowest BCUT2D eigenvalue weighted by Crippen LogP contribution is -2.56. The quantitative estimate of drug-likeness (QED) is 0.840. The summed E-state index contributed by atoms with van der Waals surface area (Å²) in [5.41, 5.74) is 1.35. The molecule has 0 bridgehead atoms. The minimum Gasteiger partial charge on any atom is -0.361 e. The smallest absolute Gasteiger partial charge is 0.248 e. The predicted molar refractivity (Wildman–Crippen MR) is 96.8 cm³/mol. The molecule has 138 valence electrons. The average molecular weight is 368 g/mol. The van der Waals surface area contributed by atoms with Crippen molar-refractivity contribution in [3.8, 4) is 0 Å². The van der Waals surface area contributed by atoms with Crippen LogP contribution in [-0.4, -0.2) is 40.0 Å². The zero-order valence-corrected chi connectivity index (χ0v) is 15.7. The molecule has 7 nitrogen and oxygen atoms in total. The summed E-state index contributed by atoms with van der Waals surface area (Å²) < 4.78 is 7.02. The van der Waals surface area contributed by atoms with Crippen molar-refractivity contribution in [3.05, 3.63) is 35.5 Å². The molecular weight excluding hydrogens is 342 g/mol. The second-order valence-corrected chi connectivity index (χ2v) is 6.61. The molecule has 0 spiro atoms. The minimum atomic E-state index is -0.609. The van der Waals surface area contributed by atoms with E-state index in [0.29, 0.717) is 6.42 Å². The van der Waals surface area contributed by atoms with E-state index in [0.717, 1.165) is 42.9 Å². The number of aryl methyl sites for hydroxylation is 2. The number of carbonyl (C=O) groups excluding carboxylic acids is 1. The highest BCUT2D eigenvalue weighted by molar-refractivity contribution is 5.85. The first kappa shape index (κ1) is 19.5. The standard InChI is InChI=1S/C17H25N5O2.ClH/c1-12(11-15-13(2)21-24-14(15)3)20-16(23)17(5-8-18-9-6-17)22-10-4-7-19-22;/h4,7,10,12,18H,5-6,8-9,11H2,1-3H3,(H,20,23);1H. The zero-order valence-electron chi connectivity index (χ0n) is 14.9. The molecule has 1 unspecified atom stereocenters. The third kappa shape index (κ3) is 3.88. The number of rotatable bonds is 5. The molecule has 0 saturated carbocycles. The van der Waals surface area contributed by atoms with Gasteiger partial charge in [-0.25, -0.2) is 0 Å². The van der Waals surface area contributed by atoms with Gasteiger partial charge < -0.3 is 15.2 Å². The van der Waals surface area contributed by atoms with Gasteiger partial charge in [-0.05, 0) is 59.2 Å². The first-order valence-electron chi connectivity index (χ1n) is 8.46. The van der Waals surface area contributed by atoms with Gasteiger partial charge in [-0.1, -0.05) is 5.16 Å². The van der Waals surface area contributed by atoms with Crippen LogP contribution in [-0.2, 0) is 16.8 Å². The van der Waals surface area contributed by atoms with Gasteiger partial charge in [0.2, 0.25) is 5.91 Å². The molecule has 2 aromatic rings. The highest BCUT2D eigenvalue weighted by Crippen LogP contribution is 2.27. The molecule has 1 aliphatic heterocycles. The number of amides is 1. The van der Waals surface area contributed by atoms with Crippen molar-refractivity contribution >= 4 is 18.3 Å². The lowest BCUT2D eigenvalue weighted by atomic mass is 9.87. The van der Waals surface area contributed by atoms with Crippen molar-refractivity contribution in [1.82, 2.24) is 25.6 Å². The van der Waals surface area contributed by atoms with Gasteiger partial charge in [-0.15, -0.1) is 12.4 Å². The third-order valence-corrected chi connectivity index (χ3v) is 4.87. The first-order chi connectivity index (χ1) is 11.5. The topological polar surface area (TPSA) is 85.0 Å². The second-order valence-electron chi connectivity index (χ2n) is 6.61. The maximum Gasteiger partial charge on any atom is 0.248 e. The zero-order chi connectivity index (χ0) is 17.2. The number of nitrogens with one attached hydrogen (secondary N) is 2. The average Bonchev–Trinajstić information content (AvgIpc) is 3.21. The monoisotopic (exact) mass is 367 g/mol. The first-order valence-corrected chi connectivity index (χ1v) is 8.46. The lowest BCUT2D eigenvalue weighted by molar-refractivity contribution is -0.132. The van der Waals surface area contributed by atoms with Crippen molar-refractivity contribution in [2.45, 2.75) is 51.6 Å². The lowest BCUT2D eigenvalue weighted by Gasteiger charge is -2.37. The summed E-state index contributed by atoms with van der Waals surface area (Å²) in [6, 6.07) is 1.86. The third-order valence-electron chi connectivity index (χ3n) is 4.87. The highest BCUT2D eigenvalue weighted by Gasteiger charge is 2.42. The predicted octanol–water partition coefficient (Wildman–Crippen LogP) is 1.74. The van der Waals surface area contributed by atoms with Crippen LogP contribution in [0.5, 0.6) is 0 Å². The number of aromatic nitrogens is 3. The van der Waals surface area contributed by atoms with E-state index in [4.69, 9.17) is 4.52 Å². The summed E-state index contributed by atoms with van der Waals surface area (Å²) in [5, 5.41) is 14.8. The number of hydrogen-bond donors (Lipinski definition) is 2. The summed E-state index contributed by atoms with van der Waals surface area (Å²) in [6.45, 7) is 7.47. The maximum absolute atomic E-state index is 13.1. The van der Waals surface area contributed by atoms with Crippen molar-refractivity contribution in [1.29, 1.82) is 0 Å². The second kappa shape index (κ2) is 8.01. The summed E-state index contributed by atoms with van der Waals surface area (Å²) in [5.74, 6) is 0.851. The molecule has 3 heterocycles. The van der Waals surface area contributed by atoms with Crippen molar-refractivity contribution in [2.75, 3.05) is 13.1 Å². The van der Waals surface area contributed by atoms with E-state index in [1.165, 1.54) is 0 Å². The molecule has 2 aromatic heterocycles. The molecule has 1 amide bonds. The van der Waals surface area contributed by atoms with Crippen molar-refractivity contribution in [2.24, 2.45) is 0 Å². The van der Waals surface area contributed by atoms with Gasteiger partial charge >= 0.3 is 0 Å².